The number of rotatable bonds is 3. The molecular formula is C34H47N3NiO2. The van der Waals surface area contributed by atoms with E-state index in [1.165, 1.54) is 17.2 Å². The summed E-state index contributed by atoms with van der Waals surface area (Å²) in [7, 11) is 0. The van der Waals surface area contributed by atoms with Gasteiger partial charge in [-0.05, 0) is 44.4 Å². The van der Waals surface area contributed by atoms with Crippen LogP contribution in [0.25, 0.3) is 0 Å². The second kappa shape index (κ2) is 13.3. The van der Waals surface area contributed by atoms with Gasteiger partial charge in [0.2, 0.25) is 0 Å². The monoisotopic (exact) mass is 587 g/mol. The van der Waals surface area contributed by atoms with Crippen LogP contribution < -0.4 is 10.2 Å². The van der Waals surface area contributed by atoms with E-state index >= 15 is 0 Å². The number of benzene rings is 2. The Balaban J connectivity index is 0.000000416. The Morgan fingerprint density at radius 1 is 0.700 bits per heavy atom. The summed E-state index contributed by atoms with van der Waals surface area (Å²) in [6.45, 7) is 25.3. The predicted octanol–water partition coefficient (Wildman–Crippen LogP) is 7.44. The van der Waals surface area contributed by atoms with Gasteiger partial charge in [-0.3, -0.25) is 15.0 Å². The van der Waals surface area contributed by atoms with Gasteiger partial charge in [0.25, 0.3) is 0 Å². The number of aliphatic imine (C=N–C) groups is 1. The van der Waals surface area contributed by atoms with E-state index in [2.05, 4.69) is 69.7 Å². The number of hydrogen-bond donors (Lipinski definition) is 0. The smallest absolute Gasteiger partial charge is 0.873 e. The van der Waals surface area contributed by atoms with Crippen molar-refractivity contribution in [2.24, 2.45) is 4.99 Å². The minimum atomic E-state index is -0.391. The summed E-state index contributed by atoms with van der Waals surface area (Å²) >= 11 is 0. The molecule has 0 aliphatic rings. The molecule has 0 amide bonds. The van der Waals surface area contributed by atoms with Gasteiger partial charge in [-0.1, -0.05) is 113 Å². The van der Waals surface area contributed by atoms with Gasteiger partial charge in [-0.2, -0.15) is 0 Å². The third kappa shape index (κ3) is 10.0. The zero-order valence-electron chi connectivity index (χ0n) is 26.4. The summed E-state index contributed by atoms with van der Waals surface area (Å²) in [4.78, 5) is 13.1. The zero-order valence-corrected chi connectivity index (χ0v) is 27.4. The Morgan fingerprint density at radius 3 is 1.75 bits per heavy atom. The Bertz CT molecular complexity index is 1270. The maximum atomic E-state index is 11.8. The summed E-state index contributed by atoms with van der Waals surface area (Å²) in [5.41, 5.74) is 5.89. The summed E-state index contributed by atoms with van der Waals surface area (Å²) < 4.78 is 0. The van der Waals surface area contributed by atoms with Gasteiger partial charge in [-0.15, -0.1) is 11.5 Å². The fourth-order valence-electron chi connectivity index (χ4n) is 4.00. The average Bonchev–Trinajstić information content (AvgIpc) is 2.79. The van der Waals surface area contributed by atoms with Gasteiger partial charge in [0, 0.05) is 31.2 Å². The average molecular weight is 588 g/mol. The normalized spacial score (nSPS) is 12.5. The standard InChI is InChI=1S/C20H27N3.C14H22O2.Ni/c1-19(2,3)15-7-8-17(20(4,5)6)18(13-15)23-10-9-16-14-21-11-12-22-16;1-13(2,3)9-7-10(14(4,5)6)12(16)11(15)8-9;/h7-8,10-14H,9H2,1-6H3;7-8,15-16H,1-6H3;/q;;+2/p-2. The van der Waals surface area contributed by atoms with Crippen LogP contribution >= 0.6 is 0 Å². The maximum absolute atomic E-state index is 11.8. The molecule has 1 heterocycles. The fraction of sp³-hybridized carbons (Fsp3) is 0.500. The van der Waals surface area contributed by atoms with E-state index < -0.39 is 5.75 Å². The van der Waals surface area contributed by atoms with Crippen molar-refractivity contribution in [2.75, 3.05) is 0 Å². The predicted molar refractivity (Wildman–Crippen MR) is 160 cm³/mol. The topological polar surface area (TPSA) is 84.3 Å². The molecule has 40 heavy (non-hydrogen) atoms. The van der Waals surface area contributed by atoms with Crippen LogP contribution in [0.15, 0.2) is 53.9 Å². The molecule has 0 aliphatic carbocycles. The molecule has 0 unspecified atom stereocenters. The third-order valence-corrected chi connectivity index (χ3v) is 6.55. The number of hydrogen-bond acceptors (Lipinski definition) is 5. The van der Waals surface area contributed by atoms with E-state index in [0.29, 0.717) is 12.0 Å². The zero-order chi connectivity index (χ0) is 29.8. The van der Waals surface area contributed by atoms with E-state index in [1.807, 2.05) is 53.8 Å². The Hall–Kier alpha value is -2.72. The van der Waals surface area contributed by atoms with Gasteiger partial charge in [0.15, 0.2) is 0 Å². The van der Waals surface area contributed by atoms with Crippen molar-refractivity contribution in [1.29, 1.82) is 0 Å². The first-order valence-corrected chi connectivity index (χ1v) is 13.7. The molecule has 0 N–H and O–H groups in total. The van der Waals surface area contributed by atoms with Crippen molar-refractivity contribution in [2.45, 2.75) is 111 Å². The molecule has 5 nitrogen and oxygen atoms in total. The SMILES string of the molecule is CC(C)(C)c1cc([O-])c([O-])c(C(C)(C)C)c1.CC(C)(C)c1ccc(C(C)(C)C)c(N=CCc2cnccn2)c1.[Ni+2]. The van der Waals surface area contributed by atoms with Crippen molar-refractivity contribution in [1.82, 2.24) is 9.97 Å². The molecule has 0 fully saturated rings. The summed E-state index contributed by atoms with van der Waals surface area (Å²) in [6.07, 6.45) is 7.80. The van der Waals surface area contributed by atoms with Gasteiger partial charge >= 0.3 is 16.5 Å². The van der Waals surface area contributed by atoms with E-state index in [1.54, 1.807) is 18.6 Å². The molecule has 220 valence electrons. The molecule has 0 aliphatic heterocycles. The van der Waals surface area contributed by atoms with Crippen LogP contribution in [0.4, 0.5) is 5.69 Å². The Labute approximate surface area is 252 Å². The molecule has 1 aromatic heterocycles. The van der Waals surface area contributed by atoms with E-state index in [0.717, 1.165) is 16.9 Å². The molecule has 3 aromatic rings. The van der Waals surface area contributed by atoms with Crippen molar-refractivity contribution in [3.63, 3.8) is 0 Å². The maximum Gasteiger partial charge on any atom is 2.00 e. The fourth-order valence-corrected chi connectivity index (χ4v) is 4.00. The van der Waals surface area contributed by atoms with Gasteiger partial charge in [-0.25, -0.2) is 0 Å². The van der Waals surface area contributed by atoms with Crippen LogP contribution in [0.2, 0.25) is 0 Å². The van der Waals surface area contributed by atoms with Crippen LogP contribution in [-0.4, -0.2) is 16.2 Å². The van der Waals surface area contributed by atoms with Crippen LogP contribution in [0, 0.1) is 0 Å². The second-order valence-corrected chi connectivity index (χ2v) is 14.3. The van der Waals surface area contributed by atoms with Crippen molar-refractivity contribution in [3.8, 4) is 11.5 Å². The van der Waals surface area contributed by atoms with Gasteiger partial charge in [0.05, 0.1) is 11.4 Å². The molecule has 3 rings (SSSR count). The molecule has 0 saturated heterocycles. The quantitative estimate of drug-likeness (QED) is 0.235. The molecular weight excluding hydrogens is 541 g/mol. The first-order valence-electron chi connectivity index (χ1n) is 13.7. The molecule has 0 bridgehead atoms. The first-order chi connectivity index (χ1) is 17.7. The molecule has 0 saturated carbocycles. The third-order valence-electron chi connectivity index (χ3n) is 6.55. The number of nitrogens with zero attached hydrogens (tertiary/aromatic N) is 3. The minimum absolute atomic E-state index is 0. The van der Waals surface area contributed by atoms with Crippen molar-refractivity contribution in [3.05, 3.63) is 76.9 Å². The van der Waals surface area contributed by atoms with Crippen LogP contribution in [-0.2, 0) is 44.6 Å². The van der Waals surface area contributed by atoms with Gasteiger partial charge in [0.1, 0.15) is 0 Å². The van der Waals surface area contributed by atoms with Crippen LogP contribution in [0.1, 0.15) is 111 Å². The van der Waals surface area contributed by atoms with E-state index in [9.17, 15) is 10.2 Å². The van der Waals surface area contributed by atoms with E-state index in [-0.39, 0.29) is 43.9 Å². The first kappa shape index (κ1) is 35.3. The summed E-state index contributed by atoms with van der Waals surface area (Å²) in [6, 6.07) is 10.0. The minimum Gasteiger partial charge on any atom is -0.873 e. The van der Waals surface area contributed by atoms with Gasteiger partial charge < -0.3 is 10.2 Å². The molecule has 2 aromatic carbocycles. The van der Waals surface area contributed by atoms with Crippen molar-refractivity contribution >= 4 is 11.9 Å². The van der Waals surface area contributed by atoms with Crippen LogP contribution in [0.3, 0.4) is 0 Å². The number of aromatic nitrogens is 2. The summed E-state index contributed by atoms with van der Waals surface area (Å²) in [5, 5.41) is 23.4. The Morgan fingerprint density at radius 2 is 1.27 bits per heavy atom. The molecule has 6 heteroatoms. The van der Waals surface area contributed by atoms with Crippen molar-refractivity contribution < 1.29 is 26.7 Å². The molecule has 0 atom stereocenters. The Kier molecular flexibility index (Phi) is 11.7. The van der Waals surface area contributed by atoms with E-state index in [4.69, 9.17) is 4.99 Å². The second-order valence-electron chi connectivity index (χ2n) is 14.3. The largest absolute Gasteiger partial charge is 2.00 e. The molecule has 0 spiro atoms. The van der Waals surface area contributed by atoms with Crippen LogP contribution in [0.5, 0.6) is 11.5 Å². The molecule has 0 radical (unpaired) electrons. The summed E-state index contributed by atoms with van der Waals surface area (Å²) in [5.74, 6) is -0.752.